The van der Waals surface area contributed by atoms with Crippen molar-refractivity contribution < 1.29 is 9.47 Å². The monoisotopic (exact) mass is 427 g/mol. The smallest absolute Gasteiger partial charge is 0.190 e. The maximum atomic E-state index is 5.64. The maximum absolute atomic E-state index is 5.64. The van der Waals surface area contributed by atoms with Crippen LogP contribution in [0.2, 0.25) is 0 Å². The standard InChI is InChI=1S/C16H33N3O2.HI/c1-4-14(5-2)12-19-16(17-3)18-9-7-10-20-13-15-8-6-11-21-15;/h14-15H,4-13H2,1-3H3,(H2,17,18,19);1H. The molecule has 0 radical (unpaired) electrons. The summed E-state index contributed by atoms with van der Waals surface area (Å²) in [5, 5.41) is 6.71. The van der Waals surface area contributed by atoms with Crippen molar-refractivity contribution in [2.45, 2.75) is 52.1 Å². The Morgan fingerprint density at radius 1 is 1.32 bits per heavy atom. The molecule has 1 heterocycles. The van der Waals surface area contributed by atoms with E-state index in [1.807, 2.05) is 7.05 Å². The lowest BCUT2D eigenvalue weighted by atomic mass is 10.0. The molecule has 6 heteroatoms. The second-order valence-electron chi connectivity index (χ2n) is 5.63. The van der Waals surface area contributed by atoms with Gasteiger partial charge in [-0.2, -0.15) is 0 Å². The molecule has 0 saturated carbocycles. The van der Waals surface area contributed by atoms with E-state index in [0.29, 0.717) is 6.10 Å². The highest BCUT2D eigenvalue weighted by atomic mass is 127. The van der Waals surface area contributed by atoms with Crippen molar-refractivity contribution >= 4 is 29.9 Å². The molecular formula is C16H34IN3O2. The highest BCUT2D eigenvalue weighted by molar-refractivity contribution is 14.0. The zero-order valence-corrected chi connectivity index (χ0v) is 16.7. The fourth-order valence-electron chi connectivity index (χ4n) is 2.41. The van der Waals surface area contributed by atoms with E-state index >= 15 is 0 Å². The van der Waals surface area contributed by atoms with Gasteiger partial charge in [0.05, 0.1) is 12.7 Å². The minimum Gasteiger partial charge on any atom is -0.379 e. The molecule has 0 amide bonds. The molecule has 22 heavy (non-hydrogen) atoms. The van der Waals surface area contributed by atoms with E-state index in [2.05, 4.69) is 29.5 Å². The zero-order valence-electron chi connectivity index (χ0n) is 14.4. The largest absolute Gasteiger partial charge is 0.379 e. The molecule has 1 fully saturated rings. The van der Waals surface area contributed by atoms with E-state index in [1.54, 1.807) is 0 Å². The molecule has 1 aliphatic heterocycles. The molecule has 1 rings (SSSR count). The molecule has 0 bridgehead atoms. The Morgan fingerprint density at radius 2 is 2.09 bits per heavy atom. The summed E-state index contributed by atoms with van der Waals surface area (Å²) in [6.45, 7) is 8.75. The molecule has 0 aromatic rings. The number of guanidine groups is 1. The van der Waals surface area contributed by atoms with Crippen LogP contribution in [0.5, 0.6) is 0 Å². The molecule has 1 saturated heterocycles. The quantitative estimate of drug-likeness (QED) is 0.244. The third-order valence-electron chi connectivity index (χ3n) is 4.02. The Bertz CT molecular complexity index is 281. The van der Waals surface area contributed by atoms with E-state index < -0.39 is 0 Å². The van der Waals surface area contributed by atoms with Crippen molar-refractivity contribution in [3.05, 3.63) is 0 Å². The predicted molar refractivity (Wildman–Crippen MR) is 103 cm³/mol. The molecule has 1 aliphatic rings. The van der Waals surface area contributed by atoms with Gasteiger partial charge in [0.2, 0.25) is 0 Å². The highest BCUT2D eigenvalue weighted by Gasteiger charge is 2.14. The summed E-state index contributed by atoms with van der Waals surface area (Å²) in [5.41, 5.74) is 0. The summed E-state index contributed by atoms with van der Waals surface area (Å²) in [6, 6.07) is 0. The first-order valence-electron chi connectivity index (χ1n) is 8.44. The number of hydrogen-bond acceptors (Lipinski definition) is 3. The Balaban J connectivity index is 0.00000441. The van der Waals surface area contributed by atoms with Gasteiger partial charge in [-0.3, -0.25) is 4.99 Å². The first-order valence-corrected chi connectivity index (χ1v) is 8.44. The van der Waals surface area contributed by atoms with E-state index in [9.17, 15) is 0 Å². The topological polar surface area (TPSA) is 54.9 Å². The van der Waals surface area contributed by atoms with Gasteiger partial charge in [0.1, 0.15) is 0 Å². The van der Waals surface area contributed by atoms with Crippen molar-refractivity contribution in [2.24, 2.45) is 10.9 Å². The summed E-state index contributed by atoms with van der Waals surface area (Å²) in [4.78, 5) is 4.24. The lowest BCUT2D eigenvalue weighted by molar-refractivity contribution is 0.0168. The fourth-order valence-corrected chi connectivity index (χ4v) is 2.41. The van der Waals surface area contributed by atoms with Gasteiger partial charge in [0.25, 0.3) is 0 Å². The Kier molecular flexibility index (Phi) is 14.5. The SMILES string of the molecule is CCC(CC)CNC(=NC)NCCCOCC1CCCO1.I. The van der Waals surface area contributed by atoms with Gasteiger partial charge < -0.3 is 20.1 Å². The van der Waals surface area contributed by atoms with Crippen molar-refractivity contribution in [2.75, 3.05) is 40.0 Å². The van der Waals surface area contributed by atoms with Crippen LogP contribution in [0.3, 0.4) is 0 Å². The molecule has 2 N–H and O–H groups in total. The number of rotatable bonds is 10. The van der Waals surface area contributed by atoms with Crippen LogP contribution in [0.4, 0.5) is 0 Å². The second-order valence-corrected chi connectivity index (χ2v) is 5.63. The first kappa shape index (κ1) is 21.9. The van der Waals surface area contributed by atoms with Gasteiger partial charge in [0, 0.05) is 33.4 Å². The van der Waals surface area contributed by atoms with E-state index in [-0.39, 0.29) is 24.0 Å². The van der Waals surface area contributed by atoms with Crippen LogP contribution in [0.15, 0.2) is 4.99 Å². The third-order valence-corrected chi connectivity index (χ3v) is 4.02. The average molecular weight is 427 g/mol. The molecule has 0 aliphatic carbocycles. The third kappa shape index (κ3) is 9.84. The number of nitrogens with zero attached hydrogens (tertiary/aromatic N) is 1. The van der Waals surface area contributed by atoms with Crippen molar-refractivity contribution in [1.82, 2.24) is 10.6 Å². The highest BCUT2D eigenvalue weighted by Crippen LogP contribution is 2.11. The molecule has 0 spiro atoms. The first-order chi connectivity index (χ1) is 10.3. The molecule has 1 unspecified atom stereocenters. The number of halogens is 1. The van der Waals surface area contributed by atoms with E-state index in [1.165, 1.54) is 19.3 Å². The van der Waals surface area contributed by atoms with Crippen LogP contribution in [-0.4, -0.2) is 52.0 Å². The minimum absolute atomic E-state index is 0. The molecule has 0 aromatic heterocycles. The van der Waals surface area contributed by atoms with Gasteiger partial charge in [-0.1, -0.05) is 26.7 Å². The normalized spacial score (nSPS) is 18.4. The van der Waals surface area contributed by atoms with Gasteiger partial charge in [-0.05, 0) is 25.2 Å². The number of nitrogens with one attached hydrogen (secondary N) is 2. The van der Waals surface area contributed by atoms with Crippen LogP contribution in [0.1, 0.15) is 46.0 Å². The van der Waals surface area contributed by atoms with Crippen LogP contribution >= 0.6 is 24.0 Å². The number of ether oxygens (including phenoxy) is 2. The molecule has 1 atom stereocenters. The lowest BCUT2D eigenvalue weighted by Gasteiger charge is -2.16. The summed E-state index contributed by atoms with van der Waals surface area (Å²) in [6.07, 6.45) is 6.04. The van der Waals surface area contributed by atoms with Crippen molar-refractivity contribution in [3.63, 3.8) is 0 Å². The fraction of sp³-hybridized carbons (Fsp3) is 0.938. The van der Waals surface area contributed by atoms with Gasteiger partial charge in [-0.25, -0.2) is 0 Å². The Morgan fingerprint density at radius 3 is 2.68 bits per heavy atom. The minimum atomic E-state index is 0. The zero-order chi connectivity index (χ0) is 15.3. The molecule has 0 aromatic carbocycles. The Hall–Kier alpha value is -0.0800. The van der Waals surface area contributed by atoms with Crippen molar-refractivity contribution in [1.29, 1.82) is 0 Å². The summed E-state index contributed by atoms with van der Waals surface area (Å²) in [5.74, 6) is 1.61. The van der Waals surface area contributed by atoms with Gasteiger partial charge >= 0.3 is 0 Å². The summed E-state index contributed by atoms with van der Waals surface area (Å²) < 4.78 is 11.2. The van der Waals surface area contributed by atoms with Crippen LogP contribution < -0.4 is 10.6 Å². The summed E-state index contributed by atoms with van der Waals surface area (Å²) >= 11 is 0. The van der Waals surface area contributed by atoms with Crippen LogP contribution in [0, 0.1) is 5.92 Å². The Labute approximate surface area is 153 Å². The maximum Gasteiger partial charge on any atom is 0.190 e. The average Bonchev–Trinajstić information content (AvgIpc) is 3.02. The van der Waals surface area contributed by atoms with Gasteiger partial charge in [-0.15, -0.1) is 24.0 Å². The predicted octanol–water partition coefficient (Wildman–Crippen LogP) is 2.79. The van der Waals surface area contributed by atoms with Crippen LogP contribution in [-0.2, 0) is 9.47 Å². The molecule has 5 nitrogen and oxygen atoms in total. The van der Waals surface area contributed by atoms with E-state index in [4.69, 9.17) is 9.47 Å². The lowest BCUT2D eigenvalue weighted by Crippen LogP contribution is -2.40. The van der Waals surface area contributed by atoms with E-state index in [0.717, 1.165) is 57.6 Å². The molecular weight excluding hydrogens is 393 g/mol. The van der Waals surface area contributed by atoms with Crippen LogP contribution in [0.25, 0.3) is 0 Å². The number of hydrogen-bond donors (Lipinski definition) is 2. The van der Waals surface area contributed by atoms with Gasteiger partial charge in [0.15, 0.2) is 5.96 Å². The van der Waals surface area contributed by atoms with Crippen molar-refractivity contribution in [3.8, 4) is 0 Å². The number of aliphatic imine (C=N–C) groups is 1. The summed E-state index contributed by atoms with van der Waals surface area (Å²) in [7, 11) is 1.82. The molecule has 132 valence electrons. The second kappa shape index (κ2) is 14.5.